The van der Waals surface area contributed by atoms with Crippen LogP contribution in [0, 0.1) is 0 Å². The first kappa shape index (κ1) is 16.0. The lowest BCUT2D eigenvalue weighted by molar-refractivity contribution is 0.100. The van der Waals surface area contributed by atoms with Crippen molar-refractivity contribution in [3.8, 4) is 0 Å². The van der Waals surface area contributed by atoms with Crippen LogP contribution in [0.3, 0.4) is 0 Å². The van der Waals surface area contributed by atoms with Gasteiger partial charge in [0.05, 0.1) is 11.6 Å². The molecule has 8 heteroatoms. The number of carbonyl (C=O) groups excluding carboxylic acids is 1. The molecule has 0 fully saturated rings. The van der Waals surface area contributed by atoms with Crippen molar-refractivity contribution < 1.29 is 9.90 Å². The molecule has 3 rings (SSSR count). The second-order valence-electron chi connectivity index (χ2n) is 5.81. The van der Waals surface area contributed by atoms with Gasteiger partial charge in [-0.15, -0.1) is 0 Å². The molecule has 126 valence electrons. The number of anilines is 1. The maximum absolute atomic E-state index is 11.8. The lowest BCUT2D eigenvalue weighted by atomic mass is 9.90. The molecule has 0 saturated carbocycles. The number of H-pyrrole nitrogens is 1. The van der Waals surface area contributed by atoms with Crippen LogP contribution >= 0.6 is 0 Å². The van der Waals surface area contributed by atoms with E-state index >= 15 is 0 Å². The summed E-state index contributed by atoms with van der Waals surface area (Å²) in [6.45, 7) is 1.99. The molecule has 1 amide bonds. The minimum atomic E-state index is -1.31. The van der Waals surface area contributed by atoms with Gasteiger partial charge in [-0.25, -0.2) is 0 Å². The Kier molecular flexibility index (Phi) is 4.00. The molecule has 3 atom stereocenters. The average molecular weight is 328 g/mol. The van der Waals surface area contributed by atoms with E-state index in [1.54, 1.807) is 6.08 Å². The summed E-state index contributed by atoms with van der Waals surface area (Å²) in [5.74, 6) is 0.275. The molecule has 2 aromatic rings. The number of fused-ring (bicyclic) bond motifs is 1. The highest BCUT2D eigenvalue weighted by atomic mass is 16.3. The van der Waals surface area contributed by atoms with Crippen molar-refractivity contribution >= 4 is 28.5 Å². The zero-order valence-corrected chi connectivity index (χ0v) is 13.2. The van der Waals surface area contributed by atoms with Gasteiger partial charge in [-0.3, -0.25) is 15.5 Å². The summed E-state index contributed by atoms with van der Waals surface area (Å²) >= 11 is 0. The highest BCUT2D eigenvalue weighted by molar-refractivity contribution is 6.11. The fourth-order valence-corrected chi connectivity index (χ4v) is 3.05. The number of benzene rings is 1. The van der Waals surface area contributed by atoms with Gasteiger partial charge < -0.3 is 26.9 Å². The van der Waals surface area contributed by atoms with Gasteiger partial charge in [-0.2, -0.15) is 0 Å². The van der Waals surface area contributed by atoms with Gasteiger partial charge in [0.15, 0.2) is 6.35 Å². The normalized spacial score (nSPS) is 21.5. The Bertz CT molecular complexity index is 852. The highest BCUT2D eigenvalue weighted by Gasteiger charge is 2.22. The summed E-state index contributed by atoms with van der Waals surface area (Å²) in [7, 11) is 0. The van der Waals surface area contributed by atoms with Gasteiger partial charge in [0.1, 0.15) is 11.7 Å². The van der Waals surface area contributed by atoms with Crippen molar-refractivity contribution in [1.29, 1.82) is 0 Å². The lowest BCUT2D eigenvalue weighted by Crippen LogP contribution is -2.30. The van der Waals surface area contributed by atoms with Crippen LogP contribution in [-0.4, -0.2) is 34.2 Å². The number of hydrogen-bond acceptors (Lipinski definition) is 6. The number of aliphatic imine (C=N–C) groups is 1. The van der Waals surface area contributed by atoms with Gasteiger partial charge >= 0.3 is 0 Å². The van der Waals surface area contributed by atoms with Gasteiger partial charge in [0.2, 0.25) is 0 Å². The van der Waals surface area contributed by atoms with Crippen molar-refractivity contribution in [2.75, 3.05) is 5.32 Å². The zero-order valence-electron chi connectivity index (χ0n) is 13.2. The fraction of sp³-hybridized carbons (Fsp3) is 0.250. The Morgan fingerprint density at radius 3 is 2.83 bits per heavy atom. The molecule has 24 heavy (non-hydrogen) atoms. The van der Waals surface area contributed by atoms with Crippen LogP contribution in [0.2, 0.25) is 0 Å². The van der Waals surface area contributed by atoms with Crippen molar-refractivity contribution in [1.82, 2.24) is 4.98 Å². The van der Waals surface area contributed by atoms with E-state index < -0.39 is 12.3 Å². The number of nitrogens with two attached hydrogens (primary N) is 3. The van der Waals surface area contributed by atoms with Crippen LogP contribution in [0.25, 0.3) is 10.9 Å². The third-order valence-corrected chi connectivity index (χ3v) is 4.09. The molecule has 1 aromatic heterocycles. The van der Waals surface area contributed by atoms with E-state index in [1.807, 2.05) is 31.2 Å². The quantitative estimate of drug-likeness (QED) is 0.446. The average Bonchev–Trinajstić information content (AvgIpc) is 2.83. The Balaban J connectivity index is 2.06. The number of dihydropyridines is 1. The topological polar surface area (TPSA) is 156 Å². The first-order chi connectivity index (χ1) is 11.4. The number of carbonyl (C=O) groups is 1. The number of aromatic amines is 1. The molecule has 8 nitrogen and oxygen atoms in total. The molecule has 0 radical (unpaired) electrons. The third-order valence-electron chi connectivity index (χ3n) is 4.09. The predicted molar refractivity (Wildman–Crippen MR) is 93.6 cm³/mol. The van der Waals surface area contributed by atoms with Gasteiger partial charge in [0, 0.05) is 16.8 Å². The fourth-order valence-electron chi connectivity index (χ4n) is 3.05. The number of rotatable bonds is 4. The van der Waals surface area contributed by atoms with E-state index in [9.17, 15) is 9.90 Å². The van der Waals surface area contributed by atoms with Gasteiger partial charge in [-0.05, 0) is 24.6 Å². The second kappa shape index (κ2) is 5.99. The minimum absolute atomic E-state index is 0.0153. The monoisotopic (exact) mass is 328 g/mol. The van der Waals surface area contributed by atoms with Gasteiger partial charge in [0.25, 0.3) is 5.91 Å². The second-order valence-corrected chi connectivity index (χ2v) is 5.81. The van der Waals surface area contributed by atoms with Crippen LogP contribution in [0.1, 0.15) is 28.8 Å². The molecule has 1 aliphatic heterocycles. The Hall–Kier alpha value is -2.84. The number of amides is 1. The van der Waals surface area contributed by atoms with Crippen molar-refractivity contribution in [3.63, 3.8) is 0 Å². The molecule has 1 aliphatic rings. The smallest absolute Gasteiger partial charge is 0.253 e. The van der Waals surface area contributed by atoms with Crippen LogP contribution in [0.4, 0.5) is 5.82 Å². The van der Waals surface area contributed by atoms with E-state index in [4.69, 9.17) is 17.2 Å². The summed E-state index contributed by atoms with van der Waals surface area (Å²) in [5, 5.41) is 12.6. The molecule has 9 N–H and O–H groups in total. The Morgan fingerprint density at radius 2 is 2.21 bits per heavy atom. The van der Waals surface area contributed by atoms with Crippen LogP contribution < -0.4 is 22.5 Å². The Labute approximate surface area is 138 Å². The summed E-state index contributed by atoms with van der Waals surface area (Å²) in [5.41, 5.74) is 18.5. The molecule has 0 saturated heterocycles. The van der Waals surface area contributed by atoms with Crippen molar-refractivity contribution in [2.45, 2.75) is 25.2 Å². The first-order valence-electron chi connectivity index (χ1n) is 7.54. The lowest BCUT2D eigenvalue weighted by Gasteiger charge is -2.21. The molecule has 0 bridgehead atoms. The number of amidine groups is 1. The van der Waals surface area contributed by atoms with Crippen LogP contribution in [0.5, 0.6) is 0 Å². The van der Waals surface area contributed by atoms with Gasteiger partial charge in [-0.1, -0.05) is 18.2 Å². The van der Waals surface area contributed by atoms with E-state index in [0.717, 1.165) is 5.56 Å². The number of aliphatic hydroxyl groups excluding tert-OH is 1. The van der Waals surface area contributed by atoms with E-state index in [1.165, 1.54) is 0 Å². The number of nitrogens with one attached hydrogen (secondary N) is 2. The van der Waals surface area contributed by atoms with Crippen LogP contribution in [-0.2, 0) is 0 Å². The molecule has 0 spiro atoms. The Morgan fingerprint density at radius 1 is 1.46 bits per heavy atom. The highest BCUT2D eigenvalue weighted by Crippen LogP contribution is 2.32. The summed E-state index contributed by atoms with van der Waals surface area (Å²) in [6, 6.07) is 5.69. The zero-order chi connectivity index (χ0) is 17.4. The van der Waals surface area contributed by atoms with Crippen molar-refractivity contribution in [2.24, 2.45) is 22.2 Å². The largest absolute Gasteiger partial charge is 0.384 e. The minimum Gasteiger partial charge on any atom is -0.384 e. The number of aliphatic hydroxyl groups is 1. The van der Waals surface area contributed by atoms with Crippen molar-refractivity contribution in [3.05, 3.63) is 41.5 Å². The standard InChI is InChI=1S/C16H20N6O2/c1-7-9(4-5-12(17)20-7)8-2-3-10-11(6-8)21-15(22-16(19)24)13(10)14(18)23/h2-7,9,16,21-22,24H,19H2,1H3,(H2,17,20)(H2,18,23). The maximum atomic E-state index is 11.8. The van der Waals surface area contributed by atoms with E-state index in [2.05, 4.69) is 15.3 Å². The molecular weight excluding hydrogens is 308 g/mol. The van der Waals surface area contributed by atoms with E-state index in [0.29, 0.717) is 22.6 Å². The number of hydrogen-bond donors (Lipinski definition) is 6. The van der Waals surface area contributed by atoms with E-state index in [-0.39, 0.29) is 17.5 Å². The predicted octanol–water partition coefficient (Wildman–Crippen LogP) is 0.312. The third kappa shape index (κ3) is 2.84. The first-order valence-corrected chi connectivity index (χ1v) is 7.54. The summed E-state index contributed by atoms with van der Waals surface area (Å²) in [4.78, 5) is 19.2. The molecule has 3 unspecified atom stereocenters. The summed E-state index contributed by atoms with van der Waals surface area (Å²) in [6.07, 6.45) is 2.49. The maximum Gasteiger partial charge on any atom is 0.253 e. The SMILES string of the molecule is CC1N=C(N)C=CC1c1ccc2c(C(N)=O)c(NC(N)O)[nH]c2c1. The number of nitrogens with zero attached hydrogens (tertiary/aromatic N) is 1. The summed E-state index contributed by atoms with van der Waals surface area (Å²) < 4.78 is 0. The molecule has 1 aromatic carbocycles. The molecule has 2 heterocycles. The van der Waals surface area contributed by atoms with Crippen LogP contribution in [0.15, 0.2) is 35.3 Å². The molecular formula is C16H20N6O2. The molecule has 0 aliphatic carbocycles. The number of aromatic nitrogens is 1. The number of primary amides is 1.